The van der Waals surface area contributed by atoms with Crippen LogP contribution in [-0.2, 0) is 6.54 Å². The van der Waals surface area contributed by atoms with Gasteiger partial charge in [0.15, 0.2) is 0 Å². The quantitative estimate of drug-likeness (QED) is 0.718. The van der Waals surface area contributed by atoms with Crippen molar-refractivity contribution >= 4 is 15.9 Å². The highest BCUT2D eigenvalue weighted by atomic mass is 79.9. The number of nitrogens with one attached hydrogen (secondary N) is 1. The zero-order valence-corrected chi connectivity index (χ0v) is 14.1. The molecule has 0 spiro atoms. The normalized spacial score (nSPS) is 11.6. The van der Waals surface area contributed by atoms with Crippen LogP contribution >= 0.6 is 15.9 Å². The Morgan fingerprint density at radius 3 is 2.53 bits per heavy atom. The minimum atomic E-state index is 0.141. The number of unbranched alkanes of at least 4 members (excludes halogenated alkanes) is 2. The summed E-state index contributed by atoms with van der Waals surface area (Å²) in [5.41, 5.74) is 1.41. The molecule has 1 N–H and O–H groups in total. The van der Waals surface area contributed by atoms with Gasteiger partial charge in [0.05, 0.1) is 11.1 Å². The number of halogens is 1. The molecule has 0 fully saturated rings. The summed E-state index contributed by atoms with van der Waals surface area (Å²) in [6.45, 7) is 10.4. The highest BCUT2D eigenvalue weighted by Gasteiger charge is 2.09. The molecule has 0 aromatic heterocycles. The highest BCUT2D eigenvalue weighted by molar-refractivity contribution is 9.10. The van der Waals surface area contributed by atoms with E-state index >= 15 is 0 Å². The van der Waals surface area contributed by atoms with Gasteiger partial charge in [0, 0.05) is 12.1 Å². The van der Waals surface area contributed by atoms with Crippen molar-refractivity contribution in [3.05, 3.63) is 28.2 Å². The standard InChI is InChI=1S/C16H26BrNO/c1-5-6-7-10-19-15-9-8-13(11-14(15)17)12-18-16(2,3)4/h8-9,11,18H,5-7,10,12H2,1-4H3. The fourth-order valence-electron chi connectivity index (χ4n) is 1.67. The van der Waals surface area contributed by atoms with E-state index in [1.807, 2.05) is 0 Å². The van der Waals surface area contributed by atoms with Crippen LogP contribution in [-0.4, -0.2) is 12.1 Å². The van der Waals surface area contributed by atoms with Gasteiger partial charge in [-0.25, -0.2) is 0 Å². The van der Waals surface area contributed by atoms with Crippen molar-refractivity contribution in [3.63, 3.8) is 0 Å². The highest BCUT2D eigenvalue weighted by Crippen LogP contribution is 2.26. The molecule has 3 heteroatoms. The second kappa shape index (κ2) is 7.91. The topological polar surface area (TPSA) is 21.3 Å². The Morgan fingerprint density at radius 2 is 1.95 bits per heavy atom. The molecule has 0 aliphatic heterocycles. The lowest BCUT2D eigenvalue weighted by molar-refractivity contribution is 0.304. The minimum absolute atomic E-state index is 0.141. The van der Waals surface area contributed by atoms with E-state index in [1.54, 1.807) is 0 Å². The molecular formula is C16H26BrNO. The van der Waals surface area contributed by atoms with Gasteiger partial charge >= 0.3 is 0 Å². The van der Waals surface area contributed by atoms with Crippen molar-refractivity contribution < 1.29 is 4.74 Å². The summed E-state index contributed by atoms with van der Waals surface area (Å²) in [6.07, 6.45) is 3.57. The molecule has 0 aliphatic carbocycles. The number of hydrogen-bond acceptors (Lipinski definition) is 2. The average Bonchev–Trinajstić information content (AvgIpc) is 2.33. The van der Waals surface area contributed by atoms with Gasteiger partial charge in [0.1, 0.15) is 5.75 Å². The van der Waals surface area contributed by atoms with Gasteiger partial charge in [0.2, 0.25) is 0 Å². The zero-order chi connectivity index (χ0) is 14.3. The van der Waals surface area contributed by atoms with E-state index in [2.05, 4.69) is 67.1 Å². The first-order valence-corrected chi connectivity index (χ1v) is 7.88. The lowest BCUT2D eigenvalue weighted by Gasteiger charge is -2.20. The smallest absolute Gasteiger partial charge is 0.133 e. The summed E-state index contributed by atoms with van der Waals surface area (Å²) in [7, 11) is 0. The first kappa shape index (κ1) is 16.5. The Balaban J connectivity index is 2.49. The van der Waals surface area contributed by atoms with Crippen LogP contribution < -0.4 is 10.1 Å². The predicted octanol–water partition coefficient (Wildman–Crippen LogP) is 4.91. The fraction of sp³-hybridized carbons (Fsp3) is 0.625. The van der Waals surface area contributed by atoms with E-state index < -0.39 is 0 Å². The van der Waals surface area contributed by atoms with Gasteiger partial charge in [-0.3, -0.25) is 0 Å². The molecule has 0 bridgehead atoms. The molecule has 0 heterocycles. The van der Waals surface area contributed by atoms with Crippen LogP contribution in [0.4, 0.5) is 0 Å². The Morgan fingerprint density at radius 1 is 1.21 bits per heavy atom. The second-order valence-electron chi connectivity index (χ2n) is 5.92. The van der Waals surface area contributed by atoms with Crippen molar-refractivity contribution in [2.24, 2.45) is 0 Å². The van der Waals surface area contributed by atoms with E-state index in [1.165, 1.54) is 18.4 Å². The van der Waals surface area contributed by atoms with Crippen LogP contribution in [0, 0.1) is 0 Å². The van der Waals surface area contributed by atoms with Gasteiger partial charge in [-0.2, -0.15) is 0 Å². The molecule has 0 saturated heterocycles. The number of benzene rings is 1. The molecule has 1 aromatic carbocycles. The van der Waals surface area contributed by atoms with Gasteiger partial charge in [-0.15, -0.1) is 0 Å². The van der Waals surface area contributed by atoms with Gasteiger partial charge in [-0.05, 0) is 60.8 Å². The Kier molecular flexibility index (Phi) is 6.87. The number of ether oxygens (including phenoxy) is 1. The molecule has 0 atom stereocenters. The molecule has 0 unspecified atom stereocenters. The van der Waals surface area contributed by atoms with Crippen molar-refractivity contribution in [1.29, 1.82) is 0 Å². The molecule has 19 heavy (non-hydrogen) atoms. The molecule has 1 aromatic rings. The van der Waals surface area contributed by atoms with E-state index in [0.717, 1.165) is 29.8 Å². The van der Waals surface area contributed by atoms with E-state index in [4.69, 9.17) is 4.74 Å². The van der Waals surface area contributed by atoms with Gasteiger partial charge in [-0.1, -0.05) is 25.8 Å². The van der Waals surface area contributed by atoms with E-state index in [0.29, 0.717) is 0 Å². The van der Waals surface area contributed by atoms with Gasteiger partial charge < -0.3 is 10.1 Å². The average molecular weight is 328 g/mol. The third-order valence-electron chi connectivity index (χ3n) is 2.82. The summed E-state index contributed by atoms with van der Waals surface area (Å²) in [5, 5.41) is 3.48. The molecule has 0 saturated carbocycles. The summed E-state index contributed by atoms with van der Waals surface area (Å²) < 4.78 is 6.81. The summed E-state index contributed by atoms with van der Waals surface area (Å²) in [4.78, 5) is 0. The van der Waals surface area contributed by atoms with Crippen LogP contribution in [0.1, 0.15) is 52.5 Å². The third kappa shape index (κ3) is 6.98. The first-order valence-electron chi connectivity index (χ1n) is 7.08. The summed E-state index contributed by atoms with van der Waals surface area (Å²) >= 11 is 3.58. The Bertz CT molecular complexity index is 385. The lowest BCUT2D eigenvalue weighted by Crippen LogP contribution is -2.35. The third-order valence-corrected chi connectivity index (χ3v) is 3.44. The largest absolute Gasteiger partial charge is 0.492 e. The van der Waals surface area contributed by atoms with Crippen LogP contribution in [0.25, 0.3) is 0 Å². The van der Waals surface area contributed by atoms with Crippen LogP contribution in [0.5, 0.6) is 5.75 Å². The van der Waals surface area contributed by atoms with Crippen LogP contribution in [0.3, 0.4) is 0 Å². The molecule has 0 amide bonds. The molecule has 0 radical (unpaired) electrons. The summed E-state index contributed by atoms with van der Waals surface area (Å²) in [5.74, 6) is 0.940. The molecule has 108 valence electrons. The maximum absolute atomic E-state index is 5.77. The van der Waals surface area contributed by atoms with Crippen molar-refractivity contribution in [2.45, 2.75) is 59.0 Å². The van der Waals surface area contributed by atoms with E-state index in [-0.39, 0.29) is 5.54 Å². The Labute approximate surface area is 126 Å². The number of hydrogen-bond donors (Lipinski definition) is 1. The maximum Gasteiger partial charge on any atom is 0.133 e. The maximum atomic E-state index is 5.77. The minimum Gasteiger partial charge on any atom is -0.492 e. The second-order valence-corrected chi connectivity index (χ2v) is 6.78. The SMILES string of the molecule is CCCCCOc1ccc(CNC(C)(C)C)cc1Br. The first-order chi connectivity index (χ1) is 8.92. The molecule has 1 rings (SSSR count). The van der Waals surface area contributed by atoms with Crippen molar-refractivity contribution in [2.75, 3.05) is 6.61 Å². The fourth-order valence-corrected chi connectivity index (χ4v) is 2.21. The van der Waals surface area contributed by atoms with Gasteiger partial charge in [0.25, 0.3) is 0 Å². The molecule has 0 aliphatic rings. The predicted molar refractivity (Wildman–Crippen MR) is 85.8 cm³/mol. The summed E-state index contributed by atoms with van der Waals surface area (Å²) in [6, 6.07) is 6.31. The number of rotatable bonds is 7. The van der Waals surface area contributed by atoms with E-state index in [9.17, 15) is 0 Å². The van der Waals surface area contributed by atoms with Crippen molar-refractivity contribution in [3.8, 4) is 5.75 Å². The zero-order valence-electron chi connectivity index (χ0n) is 12.6. The molecular weight excluding hydrogens is 302 g/mol. The van der Waals surface area contributed by atoms with Crippen molar-refractivity contribution in [1.82, 2.24) is 5.32 Å². The monoisotopic (exact) mass is 327 g/mol. The van der Waals surface area contributed by atoms with Crippen LogP contribution in [0.15, 0.2) is 22.7 Å². The van der Waals surface area contributed by atoms with Crippen LogP contribution in [0.2, 0.25) is 0 Å². The Hall–Kier alpha value is -0.540. The lowest BCUT2D eigenvalue weighted by atomic mass is 10.1. The molecule has 2 nitrogen and oxygen atoms in total.